The minimum atomic E-state index is -0.647. The highest BCUT2D eigenvalue weighted by Crippen LogP contribution is 2.68. The Hall–Kier alpha value is -1.79. The van der Waals surface area contributed by atoms with E-state index in [4.69, 9.17) is 10.5 Å². The van der Waals surface area contributed by atoms with Crippen LogP contribution in [0, 0.1) is 34.0 Å². The molecule has 0 amide bonds. The van der Waals surface area contributed by atoms with Gasteiger partial charge in [0.05, 0.1) is 12.5 Å². The van der Waals surface area contributed by atoms with E-state index in [0.29, 0.717) is 24.3 Å². The predicted molar refractivity (Wildman–Crippen MR) is 141 cm³/mol. The third-order valence-electron chi connectivity index (χ3n) is 10.0. The Morgan fingerprint density at radius 1 is 1.31 bits per heavy atom. The molecule has 6 heteroatoms. The van der Waals surface area contributed by atoms with Crippen molar-refractivity contribution in [3.8, 4) is 0 Å². The van der Waals surface area contributed by atoms with Gasteiger partial charge >= 0.3 is 5.97 Å². The number of hydrogen-bond acceptors (Lipinski definition) is 6. The molecule has 2 bridgehead atoms. The van der Waals surface area contributed by atoms with Crippen LogP contribution in [0.5, 0.6) is 0 Å². The van der Waals surface area contributed by atoms with Crippen LogP contribution in [0.15, 0.2) is 41.8 Å². The van der Waals surface area contributed by atoms with Gasteiger partial charge in [0.1, 0.15) is 11.9 Å². The van der Waals surface area contributed by atoms with E-state index in [2.05, 4.69) is 27.4 Å². The summed E-state index contributed by atoms with van der Waals surface area (Å²) in [4.78, 5) is 27.6. The minimum absolute atomic E-state index is 0.0277. The van der Waals surface area contributed by atoms with Gasteiger partial charge in [0.15, 0.2) is 0 Å². The number of hydrogen-bond donors (Lipinski definition) is 2. The number of anilines is 1. The number of esters is 1. The number of nitrogens with two attached hydrogens (primary N) is 1. The van der Waals surface area contributed by atoms with Gasteiger partial charge in [-0.25, -0.2) is 0 Å². The number of nitrogen functional groups attached to an aromatic ring is 1. The van der Waals surface area contributed by atoms with E-state index in [0.717, 1.165) is 24.2 Å². The molecule has 3 aliphatic carbocycles. The lowest BCUT2D eigenvalue weighted by Crippen LogP contribution is -2.63. The first-order valence-corrected chi connectivity index (χ1v) is 14.0. The second-order valence-corrected chi connectivity index (χ2v) is 12.9. The molecule has 3 fully saturated rings. The van der Waals surface area contributed by atoms with Crippen molar-refractivity contribution in [2.75, 3.05) is 11.5 Å². The molecule has 1 unspecified atom stereocenters. The fourth-order valence-corrected chi connectivity index (χ4v) is 8.47. The Morgan fingerprint density at radius 2 is 2.06 bits per heavy atom. The topological polar surface area (TPSA) is 89.6 Å². The highest BCUT2D eigenvalue weighted by Gasteiger charge is 2.68. The fourth-order valence-electron chi connectivity index (χ4n) is 7.58. The largest absolute Gasteiger partial charge is 0.462 e. The van der Waals surface area contributed by atoms with Gasteiger partial charge in [-0.15, -0.1) is 18.3 Å². The maximum Gasteiger partial charge on any atom is 0.306 e. The Bertz CT molecular complexity index is 997. The van der Waals surface area contributed by atoms with E-state index < -0.39 is 23.0 Å². The standard InChI is InChI=1S/C29H41NO4S/c1-6-27(4)17-23(34-24(32)12-15-35-21-9-7-8-20(30)16-21)28(5)18(2)10-13-29(19(3)26(27)33)14-11-22(31)25(28)29/h6-9,16,18-19,23,25-26,33H,1,10-15,17,30H2,2-5H3/t18-,19+,23-,25?,26+,27-,28+,29+/m1/s1. The molecule has 0 spiro atoms. The van der Waals surface area contributed by atoms with Crippen molar-refractivity contribution in [3.05, 3.63) is 36.9 Å². The van der Waals surface area contributed by atoms with Crippen LogP contribution in [0.25, 0.3) is 0 Å². The van der Waals surface area contributed by atoms with Crippen molar-refractivity contribution in [1.29, 1.82) is 0 Å². The van der Waals surface area contributed by atoms with Gasteiger partial charge in [-0.2, -0.15) is 0 Å². The SMILES string of the molecule is C=C[C@]1(C)C[C@@H](OC(=O)CCSc2cccc(N)c2)[C@@]2(C)C3C(=O)CC[C@@]3(CC[C@H]2C)[C@@H](C)[C@@H]1O. The molecule has 0 aromatic heterocycles. The van der Waals surface area contributed by atoms with Crippen molar-refractivity contribution < 1.29 is 19.4 Å². The first-order chi connectivity index (χ1) is 16.5. The summed E-state index contributed by atoms with van der Waals surface area (Å²) in [5, 5.41) is 11.6. The van der Waals surface area contributed by atoms with Gasteiger partial charge in [-0.05, 0) is 61.1 Å². The zero-order valence-corrected chi connectivity index (χ0v) is 22.4. The number of aliphatic hydroxyl groups excluding tert-OH is 1. The molecule has 5 nitrogen and oxygen atoms in total. The Labute approximate surface area is 214 Å². The van der Waals surface area contributed by atoms with E-state index in [9.17, 15) is 14.7 Å². The third-order valence-corrected chi connectivity index (χ3v) is 11.0. The van der Waals surface area contributed by atoms with Crippen molar-refractivity contribution >= 4 is 29.2 Å². The van der Waals surface area contributed by atoms with Crippen LogP contribution >= 0.6 is 11.8 Å². The van der Waals surface area contributed by atoms with E-state index in [1.54, 1.807) is 11.8 Å². The van der Waals surface area contributed by atoms with Gasteiger partial charge in [0, 0.05) is 39.5 Å². The fraction of sp³-hybridized carbons (Fsp3) is 0.655. The molecule has 0 radical (unpaired) electrons. The van der Waals surface area contributed by atoms with Gasteiger partial charge in [-0.3, -0.25) is 9.59 Å². The number of aliphatic hydroxyl groups is 1. The second-order valence-electron chi connectivity index (χ2n) is 11.7. The highest BCUT2D eigenvalue weighted by molar-refractivity contribution is 7.99. The van der Waals surface area contributed by atoms with E-state index in [1.165, 1.54) is 0 Å². The van der Waals surface area contributed by atoms with Gasteiger partial charge in [0.25, 0.3) is 0 Å². The predicted octanol–water partition coefficient (Wildman–Crippen LogP) is 5.66. The number of thioether (sulfide) groups is 1. The van der Waals surface area contributed by atoms with Crippen LogP contribution in [0.2, 0.25) is 0 Å². The highest BCUT2D eigenvalue weighted by atomic mass is 32.2. The van der Waals surface area contributed by atoms with Crippen LogP contribution in [0.3, 0.4) is 0 Å². The molecular formula is C29H41NO4S. The lowest BCUT2D eigenvalue weighted by Gasteiger charge is -2.61. The summed E-state index contributed by atoms with van der Waals surface area (Å²) >= 11 is 1.58. The summed E-state index contributed by atoms with van der Waals surface area (Å²) in [6.07, 6.45) is 4.73. The average Bonchev–Trinajstić information content (AvgIpc) is 3.18. The molecule has 35 heavy (non-hydrogen) atoms. The number of carbonyl (C=O) groups is 2. The second kappa shape index (κ2) is 9.59. The molecule has 1 aromatic rings. The van der Waals surface area contributed by atoms with Crippen molar-refractivity contribution in [1.82, 2.24) is 0 Å². The van der Waals surface area contributed by atoms with Crippen LogP contribution in [0.4, 0.5) is 5.69 Å². The maximum atomic E-state index is 13.4. The van der Waals surface area contributed by atoms with Crippen LogP contribution < -0.4 is 5.73 Å². The van der Waals surface area contributed by atoms with Crippen LogP contribution in [0.1, 0.15) is 66.2 Å². The molecular weight excluding hydrogens is 458 g/mol. The number of ether oxygens (including phenoxy) is 1. The van der Waals surface area contributed by atoms with E-state index >= 15 is 0 Å². The van der Waals surface area contributed by atoms with E-state index in [-0.39, 0.29) is 41.3 Å². The zero-order valence-electron chi connectivity index (χ0n) is 21.6. The van der Waals surface area contributed by atoms with Crippen LogP contribution in [-0.4, -0.2) is 34.8 Å². The molecule has 0 aliphatic heterocycles. The van der Waals surface area contributed by atoms with E-state index in [1.807, 2.05) is 37.3 Å². The Morgan fingerprint density at radius 3 is 2.74 bits per heavy atom. The Kier molecular flexibility index (Phi) is 7.20. The molecule has 4 rings (SSSR count). The monoisotopic (exact) mass is 499 g/mol. The molecule has 3 N–H and O–H groups in total. The smallest absolute Gasteiger partial charge is 0.306 e. The summed E-state index contributed by atoms with van der Waals surface area (Å²) in [5.74, 6) is 0.622. The van der Waals surface area contributed by atoms with Crippen LogP contribution in [-0.2, 0) is 14.3 Å². The number of carbonyl (C=O) groups excluding carboxylic acids is 2. The molecule has 0 saturated heterocycles. The summed E-state index contributed by atoms with van der Waals surface area (Å²) in [5.41, 5.74) is 5.24. The van der Waals surface area contributed by atoms with Gasteiger partial charge < -0.3 is 15.6 Å². The molecule has 192 valence electrons. The van der Waals surface area contributed by atoms with Crippen molar-refractivity contribution in [2.24, 2.45) is 34.0 Å². The molecule has 1 aromatic carbocycles. The normalized spacial score (nSPS) is 40.9. The molecule has 8 atom stereocenters. The Balaban J connectivity index is 1.62. The van der Waals surface area contributed by atoms with Gasteiger partial charge in [-0.1, -0.05) is 39.8 Å². The average molecular weight is 500 g/mol. The lowest BCUT2D eigenvalue weighted by molar-refractivity contribution is -0.206. The first-order valence-electron chi connectivity index (χ1n) is 13.0. The lowest BCUT2D eigenvalue weighted by atomic mass is 9.44. The van der Waals surface area contributed by atoms with Crippen molar-refractivity contribution in [3.63, 3.8) is 0 Å². The summed E-state index contributed by atoms with van der Waals surface area (Å²) in [6.45, 7) is 12.6. The van der Waals surface area contributed by atoms with Gasteiger partial charge in [0.2, 0.25) is 0 Å². The number of ketones is 1. The number of Topliss-reactive ketones (excluding diaryl/α,β-unsaturated/α-hetero) is 1. The first kappa shape index (κ1) is 26.3. The maximum absolute atomic E-state index is 13.4. The minimum Gasteiger partial charge on any atom is -0.462 e. The number of benzene rings is 1. The summed E-state index contributed by atoms with van der Waals surface area (Å²) < 4.78 is 6.29. The quantitative estimate of drug-likeness (QED) is 0.227. The number of rotatable bonds is 6. The third kappa shape index (κ3) is 4.35. The molecule has 3 saturated carbocycles. The van der Waals surface area contributed by atoms with Crippen molar-refractivity contribution in [2.45, 2.75) is 83.3 Å². The molecule has 3 aliphatic rings. The molecule has 0 heterocycles. The summed E-state index contributed by atoms with van der Waals surface area (Å²) in [7, 11) is 0. The zero-order chi connectivity index (χ0) is 25.6. The summed E-state index contributed by atoms with van der Waals surface area (Å²) in [6, 6.07) is 7.63.